The molecule has 0 aliphatic carbocycles. The third-order valence-electron chi connectivity index (χ3n) is 4.10. The van der Waals surface area contributed by atoms with Gasteiger partial charge in [-0.1, -0.05) is 35.3 Å². The van der Waals surface area contributed by atoms with Gasteiger partial charge in [0.2, 0.25) is 0 Å². The van der Waals surface area contributed by atoms with Gasteiger partial charge in [0, 0.05) is 30.9 Å². The van der Waals surface area contributed by atoms with Crippen LogP contribution in [0.3, 0.4) is 0 Å². The van der Waals surface area contributed by atoms with Gasteiger partial charge in [-0.15, -0.1) is 0 Å². The van der Waals surface area contributed by atoms with Gasteiger partial charge >= 0.3 is 0 Å². The smallest absolute Gasteiger partial charge is 0.255 e. The molecule has 2 heterocycles. The Morgan fingerprint density at radius 3 is 2.50 bits per heavy atom. The zero-order chi connectivity index (χ0) is 16.9. The van der Waals surface area contributed by atoms with Gasteiger partial charge in [-0.05, 0) is 43.0 Å². The van der Waals surface area contributed by atoms with E-state index in [1.54, 1.807) is 12.3 Å². The Balaban J connectivity index is 1.65. The van der Waals surface area contributed by atoms with Crippen molar-refractivity contribution >= 4 is 34.9 Å². The number of halogens is 2. The Morgan fingerprint density at radius 1 is 1.12 bits per heavy atom. The Kier molecular flexibility index (Phi) is 5.59. The highest BCUT2D eigenvalue weighted by molar-refractivity contribution is 6.33. The SMILES string of the molecule is O=C(c1cnc(NCc2ccc(Cl)cc2)c(Cl)c1)N1CCCCC1. The van der Waals surface area contributed by atoms with E-state index in [2.05, 4.69) is 10.3 Å². The zero-order valence-electron chi connectivity index (χ0n) is 13.3. The van der Waals surface area contributed by atoms with Gasteiger partial charge in [0.05, 0.1) is 10.6 Å². The van der Waals surface area contributed by atoms with Crippen molar-refractivity contribution in [1.82, 2.24) is 9.88 Å². The first-order valence-corrected chi connectivity index (χ1v) is 8.82. The van der Waals surface area contributed by atoms with Crippen molar-refractivity contribution in [2.24, 2.45) is 0 Å². The topological polar surface area (TPSA) is 45.2 Å². The van der Waals surface area contributed by atoms with Crippen molar-refractivity contribution < 1.29 is 4.79 Å². The average molecular weight is 364 g/mol. The van der Waals surface area contributed by atoms with Crippen LogP contribution in [0.15, 0.2) is 36.5 Å². The molecule has 0 saturated carbocycles. The lowest BCUT2D eigenvalue weighted by Gasteiger charge is -2.26. The fourth-order valence-corrected chi connectivity index (χ4v) is 3.11. The number of benzene rings is 1. The van der Waals surface area contributed by atoms with Gasteiger partial charge in [0.1, 0.15) is 5.82 Å². The number of anilines is 1. The molecule has 126 valence electrons. The van der Waals surface area contributed by atoms with Crippen LogP contribution in [0.5, 0.6) is 0 Å². The second-order valence-corrected chi connectivity index (χ2v) is 6.73. The molecular weight excluding hydrogens is 345 g/mol. The van der Waals surface area contributed by atoms with Crippen molar-refractivity contribution in [3.63, 3.8) is 0 Å². The van der Waals surface area contributed by atoms with Crippen molar-refractivity contribution in [2.45, 2.75) is 25.8 Å². The standard InChI is InChI=1S/C18H19Cl2N3O/c19-15-6-4-13(5-7-15)11-21-17-16(20)10-14(12-22-17)18(24)23-8-2-1-3-9-23/h4-7,10,12H,1-3,8-9,11H2,(H,21,22). The van der Waals surface area contributed by atoms with Crippen molar-refractivity contribution in [3.8, 4) is 0 Å². The highest BCUT2D eigenvalue weighted by Gasteiger charge is 2.19. The maximum atomic E-state index is 12.5. The molecule has 1 amide bonds. The van der Waals surface area contributed by atoms with E-state index in [0.29, 0.717) is 28.0 Å². The molecule has 1 fully saturated rings. The molecule has 4 nitrogen and oxygen atoms in total. The number of hydrogen-bond acceptors (Lipinski definition) is 3. The fraction of sp³-hybridized carbons (Fsp3) is 0.333. The monoisotopic (exact) mass is 363 g/mol. The molecule has 3 rings (SSSR count). The van der Waals surface area contributed by atoms with Crippen molar-refractivity contribution in [3.05, 3.63) is 57.7 Å². The predicted octanol–water partition coefficient (Wildman–Crippen LogP) is 4.63. The summed E-state index contributed by atoms with van der Waals surface area (Å²) < 4.78 is 0. The van der Waals surface area contributed by atoms with Crippen LogP contribution in [0.1, 0.15) is 35.2 Å². The third-order valence-corrected chi connectivity index (χ3v) is 4.64. The Hall–Kier alpha value is -1.78. The Labute approximate surface area is 151 Å². The summed E-state index contributed by atoms with van der Waals surface area (Å²) in [5.74, 6) is 0.579. The Bertz CT molecular complexity index is 713. The molecule has 24 heavy (non-hydrogen) atoms. The number of hydrogen-bond donors (Lipinski definition) is 1. The summed E-state index contributed by atoms with van der Waals surface area (Å²) in [6.45, 7) is 2.21. The van der Waals surface area contributed by atoms with E-state index in [-0.39, 0.29) is 5.91 Å². The minimum absolute atomic E-state index is 0.00773. The number of rotatable bonds is 4. The first-order chi connectivity index (χ1) is 11.6. The van der Waals surface area contributed by atoms with Gasteiger partial charge in [0.25, 0.3) is 5.91 Å². The maximum absolute atomic E-state index is 12.5. The summed E-state index contributed by atoms with van der Waals surface area (Å²) in [6, 6.07) is 9.26. The van der Waals surface area contributed by atoms with Crippen molar-refractivity contribution in [2.75, 3.05) is 18.4 Å². The second kappa shape index (κ2) is 7.86. The molecule has 0 unspecified atom stereocenters. The maximum Gasteiger partial charge on any atom is 0.255 e. The molecule has 6 heteroatoms. The average Bonchev–Trinajstić information content (AvgIpc) is 2.62. The predicted molar refractivity (Wildman–Crippen MR) is 97.8 cm³/mol. The summed E-state index contributed by atoms with van der Waals surface area (Å²) >= 11 is 12.2. The highest BCUT2D eigenvalue weighted by Crippen LogP contribution is 2.22. The van der Waals surface area contributed by atoms with Gasteiger partial charge in [0.15, 0.2) is 0 Å². The molecular formula is C18H19Cl2N3O. The number of likely N-dealkylation sites (tertiary alicyclic amines) is 1. The molecule has 1 aromatic carbocycles. The van der Waals surface area contributed by atoms with Crippen LogP contribution >= 0.6 is 23.2 Å². The fourth-order valence-electron chi connectivity index (χ4n) is 2.75. The minimum Gasteiger partial charge on any atom is -0.365 e. The molecule has 1 aliphatic rings. The van der Waals surface area contributed by atoms with Gasteiger partial charge in [-0.25, -0.2) is 4.98 Å². The Morgan fingerprint density at radius 2 is 1.83 bits per heavy atom. The number of carbonyl (C=O) groups excluding carboxylic acids is 1. The summed E-state index contributed by atoms with van der Waals surface area (Å²) in [6.07, 6.45) is 4.91. The summed E-state index contributed by atoms with van der Waals surface area (Å²) in [4.78, 5) is 18.7. The molecule has 2 aromatic rings. The second-order valence-electron chi connectivity index (χ2n) is 5.89. The number of nitrogens with one attached hydrogen (secondary N) is 1. The lowest BCUT2D eigenvalue weighted by molar-refractivity contribution is 0.0724. The molecule has 0 spiro atoms. The zero-order valence-corrected chi connectivity index (χ0v) is 14.8. The lowest BCUT2D eigenvalue weighted by Crippen LogP contribution is -2.35. The molecule has 1 aromatic heterocycles. The summed E-state index contributed by atoms with van der Waals surface area (Å²) in [7, 11) is 0. The van der Waals surface area contributed by atoms with Crippen LogP contribution in [-0.2, 0) is 6.54 Å². The van der Waals surface area contributed by atoms with Crippen LogP contribution in [-0.4, -0.2) is 28.9 Å². The molecule has 0 radical (unpaired) electrons. The van der Waals surface area contributed by atoms with E-state index in [1.807, 2.05) is 29.2 Å². The molecule has 1 N–H and O–H groups in total. The van der Waals surface area contributed by atoms with Crippen LogP contribution in [0.4, 0.5) is 5.82 Å². The van der Waals surface area contributed by atoms with E-state index in [4.69, 9.17) is 23.2 Å². The van der Waals surface area contributed by atoms with Gasteiger partial charge < -0.3 is 10.2 Å². The highest BCUT2D eigenvalue weighted by atomic mass is 35.5. The quantitative estimate of drug-likeness (QED) is 0.861. The number of nitrogens with zero attached hydrogens (tertiary/aromatic N) is 2. The first kappa shape index (κ1) is 17.1. The van der Waals surface area contributed by atoms with E-state index in [0.717, 1.165) is 31.5 Å². The first-order valence-electron chi connectivity index (χ1n) is 8.06. The molecule has 0 bridgehead atoms. The van der Waals surface area contributed by atoms with Crippen LogP contribution in [0.25, 0.3) is 0 Å². The van der Waals surface area contributed by atoms with Gasteiger partial charge in [-0.2, -0.15) is 0 Å². The minimum atomic E-state index is 0.00773. The number of carbonyl (C=O) groups is 1. The largest absolute Gasteiger partial charge is 0.365 e. The third kappa shape index (κ3) is 4.19. The van der Waals surface area contributed by atoms with E-state index in [1.165, 1.54) is 6.42 Å². The number of piperidine rings is 1. The number of pyridine rings is 1. The lowest BCUT2D eigenvalue weighted by atomic mass is 10.1. The number of aromatic nitrogens is 1. The van der Waals surface area contributed by atoms with Crippen LogP contribution in [0.2, 0.25) is 10.0 Å². The summed E-state index contributed by atoms with van der Waals surface area (Å²) in [5.41, 5.74) is 1.62. The van der Waals surface area contributed by atoms with Crippen LogP contribution in [0, 0.1) is 0 Å². The summed E-state index contributed by atoms with van der Waals surface area (Å²) in [5, 5.41) is 4.34. The van der Waals surface area contributed by atoms with E-state index < -0.39 is 0 Å². The van der Waals surface area contributed by atoms with Crippen molar-refractivity contribution in [1.29, 1.82) is 0 Å². The van der Waals surface area contributed by atoms with Gasteiger partial charge in [-0.3, -0.25) is 4.79 Å². The molecule has 1 saturated heterocycles. The number of amides is 1. The van der Waals surface area contributed by atoms with Crippen LogP contribution < -0.4 is 5.32 Å². The van der Waals surface area contributed by atoms with E-state index in [9.17, 15) is 4.79 Å². The molecule has 0 atom stereocenters. The normalized spacial score (nSPS) is 14.5. The van der Waals surface area contributed by atoms with E-state index >= 15 is 0 Å². The molecule has 1 aliphatic heterocycles.